The lowest BCUT2D eigenvalue weighted by molar-refractivity contribution is -0.127. The lowest BCUT2D eigenvalue weighted by atomic mass is 9.87. The Labute approximate surface area is 81.7 Å². The standard InChI is InChI=1S/C11H22O2/c1-8(2)10(12)9(3)7-11(4,5)13-6/h8-9H,7H2,1-6H3. The lowest BCUT2D eigenvalue weighted by Gasteiger charge is -2.26. The zero-order valence-corrected chi connectivity index (χ0v) is 9.68. The summed E-state index contributed by atoms with van der Waals surface area (Å²) in [4.78, 5) is 11.6. The number of methoxy groups -OCH3 is 1. The SMILES string of the molecule is COC(C)(C)CC(C)C(=O)C(C)C. The zero-order chi connectivity index (χ0) is 10.6. The molecule has 78 valence electrons. The molecule has 0 spiro atoms. The van der Waals surface area contributed by atoms with Crippen molar-refractivity contribution in [3.63, 3.8) is 0 Å². The van der Waals surface area contributed by atoms with Crippen molar-refractivity contribution in [2.24, 2.45) is 11.8 Å². The van der Waals surface area contributed by atoms with Crippen LogP contribution in [0.25, 0.3) is 0 Å². The van der Waals surface area contributed by atoms with Gasteiger partial charge in [-0.1, -0.05) is 20.8 Å². The summed E-state index contributed by atoms with van der Waals surface area (Å²) >= 11 is 0. The second kappa shape index (κ2) is 4.75. The van der Waals surface area contributed by atoms with Gasteiger partial charge in [0, 0.05) is 18.9 Å². The first-order valence-corrected chi connectivity index (χ1v) is 4.89. The van der Waals surface area contributed by atoms with Gasteiger partial charge in [0.15, 0.2) is 0 Å². The molecule has 0 N–H and O–H groups in total. The molecule has 0 heterocycles. The molecule has 0 aliphatic rings. The van der Waals surface area contributed by atoms with E-state index in [-0.39, 0.29) is 17.4 Å². The van der Waals surface area contributed by atoms with Gasteiger partial charge in [-0.3, -0.25) is 4.79 Å². The summed E-state index contributed by atoms with van der Waals surface area (Å²) in [6, 6.07) is 0. The Kier molecular flexibility index (Phi) is 4.62. The van der Waals surface area contributed by atoms with Crippen LogP contribution in [0.2, 0.25) is 0 Å². The maximum Gasteiger partial charge on any atom is 0.138 e. The number of carbonyl (C=O) groups is 1. The van der Waals surface area contributed by atoms with Crippen LogP contribution in [-0.2, 0) is 9.53 Å². The largest absolute Gasteiger partial charge is 0.379 e. The summed E-state index contributed by atoms with van der Waals surface area (Å²) < 4.78 is 5.29. The second-order valence-corrected chi connectivity index (χ2v) is 4.63. The molecule has 0 amide bonds. The highest BCUT2D eigenvalue weighted by Crippen LogP contribution is 2.21. The van der Waals surface area contributed by atoms with Crippen LogP contribution in [0.4, 0.5) is 0 Å². The van der Waals surface area contributed by atoms with Crippen LogP contribution in [0.3, 0.4) is 0 Å². The minimum absolute atomic E-state index is 0.0925. The van der Waals surface area contributed by atoms with Gasteiger partial charge in [0.05, 0.1) is 5.60 Å². The Balaban J connectivity index is 4.15. The van der Waals surface area contributed by atoms with Gasteiger partial charge < -0.3 is 4.74 Å². The van der Waals surface area contributed by atoms with Gasteiger partial charge in [-0.15, -0.1) is 0 Å². The zero-order valence-electron chi connectivity index (χ0n) is 9.68. The summed E-state index contributed by atoms with van der Waals surface area (Å²) in [5, 5.41) is 0. The van der Waals surface area contributed by atoms with Crippen molar-refractivity contribution in [2.75, 3.05) is 7.11 Å². The van der Waals surface area contributed by atoms with Gasteiger partial charge in [0.25, 0.3) is 0 Å². The molecule has 0 aliphatic heterocycles. The molecule has 0 aliphatic carbocycles. The van der Waals surface area contributed by atoms with Gasteiger partial charge in [-0.2, -0.15) is 0 Å². The molecule has 0 saturated carbocycles. The van der Waals surface area contributed by atoms with E-state index in [9.17, 15) is 4.79 Å². The third-order valence-electron chi connectivity index (χ3n) is 2.41. The maximum absolute atomic E-state index is 11.6. The van der Waals surface area contributed by atoms with Crippen molar-refractivity contribution in [3.05, 3.63) is 0 Å². The molecule has 13 heavy (non-hydrogen) atoms. The van der Waals surface area contributed by atoms with E-state index in [0.717, 1.165) is 6.42 Å². The predicted molar refractivity (Wildman–Crippen MR) is 54.7 cm³/mol. The Morgan fingerprint density at radius 1 is 1.31 bits per heavy atom. The van der Waals surface area contributed by atoms with Crippen LogP contribution in [0, 0.1) is 11.8 Å². The number of hydrogen-bond acceptors (Lipinski definition) is 2. The number of ether oxygens (including phenoxy) is 1. The molecule has 1 unspecified atom stereocenters. The second-order valence-electron chi connectivity index (χ2n) is 4.63. The van der Waals surface area contributed by atoms with Crippen molar-refractivity contribution in [1.82, 2.24) is 0 Å². The summed E-state index contributed by atoms with van der Waals surface area (Å²) in [5.41, 5.74) is -0.191. The van der Waals surface area contributed by atoms with Gasteiger partial charge in [-0.05, 0) is 20.3 Å². The van der Waals surface area contributed by atoms with E-state index in [1.165, 1.54) is 0 Å². The fraction of sp³-hybridized carbons (Fsp3) is 0.909. The molecule has 0 radical (unpaired) electrons. The molecule has 0 aromatic carbocycles. The van der Waals surface area contributed by atoms with E-state index in [4.69, 9.17) is 4.74 Å². The molecule has 0 rings (SSSR count). The van der Waals surface area contributed by atoms with E-state index in [0.29, 0.717) is 5.78 Å². The van der Waals surface area contributed by atoms with Crippen LogP contribution in [0.15, 0.2) is 0 Å². The minimum Gasteiger partial charge on any atom is -0.379 e. The van der Waals surface area contributed by atoms with Crippen LogP contribution in [0.1, 0.15) is 41.0 Å². The highest BCUT2D eigenvalue weighted by molar-refractivity contribution is 5.82. The number of rotatable bonds is 5. The molecular weight excluding hydrogens is 164 g/mol. The Morgan fingerprint density at radius 3 is 2.08 bits per heavy atom. The molecule has 0 saturated heterocycles. The van der Waals surface area contributed by atoms with Crippen LogP contribution < -0.4 is 0 Å². The van der Waals surface area contributed by atoms with E-state index in [2.05, 4.69) is 0 Å². The molecular formula is C11H22O2. The van der Waals surface area contributed by atoms with Crippen molar-refractivity contribution in [3.8, 4) is 0 Å². The molecule has 0 aromatic heterocycles. The third-order valence-corrected chi connectivity index (χ3v) is 2.41. The summed E-state index contributed by atoms with van der Waals surface area (Å²) in [6.45, 7) is 9.88. The van der Waals surface area contributed by atoms with E-state index in [1.807, 2.05) is 34.6 Å². The van der Waals surface area contributed by atoms with Crippen molar-refractivity contribution < 1.29 is 9.53 Å². The Hall–Kier alpha value is -0.370. The smallest absolute Gasteiger partial charge is 0.138 e. The number of hydrogen-bond donors (Lipinski definition) is 0. The predicted octanol–water partition coefficient (Wildman–Crippen LogP) is 2.66. The fourth-order valence-corrected chi connectivity index (χ4v) is 1.49. The van der Waals surface area contributed by atoms with Gasteiger partial charge >= 0.3 is 0 Å². The third kappa shape index (κ3) is 4.41. The number of carbonyl (C=O) groups excluding carboxylic acids is 1. The summed E-state index contributed by atoms with van der Waals surface area (Å²) in [5.74, 6) is 0.544. The van der Waals surface area contributed by atoms with E-state index in [1.54, 1.807) is 7.11 Å². The fourth-order valence-electron chi connectivity index (χ4n) is 1.49. The first kappa shape index (κ1) is 12.6. The summed E-state index contributed by atoms with van der Waals surface area (Å²) in [6.07, 6.45) is 0.792. The molecule has 0 fully saturated rings. The van der Waals surface area contributed by atoms with Crippen LogP contribution >= 0.6 is 0 Å². The lowest BCUT2D eigenvalue weighted by Crippen LogP contribution is -2.30. The maximum atomic E-state index is 11.6. The number of Topliss-reactive ketones (excluding diaryl/α,β-unsaturated/α-hetero) is 1. The van der Waals surface area contributed by atoms with Crippen LogP contribution in [-0.4, -0.2) is 18.5 Å². The average molecular weight is 186 g/mol. The van der Waals surface area contributed by atoms with Gasteiger partial charge in [0.2, 0.25) is 0 Å². The molecule has 2 nitrogen and oxygen atoms in total. The minimum atomic E-state index is -0.191. The van der Waals surface area contributed by atoms with Gasteiger partial charge in [0.1, 0.15) is 5.78 Å². The first-order valence-electron chi connectivity index (χ1n) is 4.89. The highest BCUT2D eigenvalue weighted by atomic mass is 16.5. The van der Waals surface area contributed by atoms with Crippen LogP contribution in [0.5, 0.6) is 0 Å². The quantitative estimate of drug-likeness (QED) is 0.660. The van der Waals surface area contributed by atoms with Crippen molar-refractivity contribution in [1.29, 1.82) is 0 Å². The Morgan fingerprint density at radius 2 is 1.77 bits per heavy atom. The Bertz CT molecular complexity index is 171. The van der Waals surface area contributed by atoms with E-state index >= 15 is 0 Å². The van der Waals surface area contributed by atoms with Gasteiger partial charge in [-0.25, -0.2) is 0 Å². The first-order chi connectivity index (χ1) is 5.80. The molecule has 2 heteroatoms. The summed E-state index contributed by atoms with van der Waals surface area (Å²) in [7, 11) is 1.69. The van der Waals surface area contributed by atoms with E-state index < -0.39 is 0 Å². The molecule has 0 aromatic rings. The molecule has 0 bridgehead atoms. The van der Waals surface area contributed by atoms with Crippen molar-refractivity contribution >= 4 is 5.78 Å². The highest BCUT2D eigenvalue weighted by Gasteiger charge is 2.25. The molecule has 1 atom stereocenters. The topological polar surface area (TPSA) is 26.3 Å². The number of ketones is 1. The normalized spacial score (nSPS) is 14.7. The average Bonchev–Trinajstić information content (AvgIpc) is 2.02. The monoisotopic (exact) mass is 186 g/mol. The van der Waals surface area contributed by atoms with Crippen molar-refractivity contribution in [2.45, 2.75) is 46.6 Å².